The highest BCUT2D eigenvalue weighted by Crippen LogP contribution is 2.33. The first kappa shape index (κ1) is 11.2. The van der Waals surface area contributed by atoms with Gasteiger partial charge in [-0.25, -0.2) is 9.37 Å². The van der Waals surface area contributed by atoms with Crippen molar-refractivity contribution in [3.8, 4) is 11.4 Å². The molecule has 0 spiro atoms. The van der Waals surface area contributed by atoms with Crippen molar-refractivity contribution in [3.63, 3.8) is 0 Å². The molecular formula is C12H11FN4S. The van der Waals surface area contributed by atoms with Crippen molar-refractivity contribution in [3.05, 3.63) is 29.7 Å². The summed E-state index contributed by atoms with van der Waals surface area (Å²) in [6, 6.07) is 4.54. The first-order valence-electron chi connectivity index (χ1n) is 5.42. The van der Waals surface area contributed by atoms with Crippen LogP contribution < -0.4 is 5.73 Å². The van der Waals surface area contributed by atoms with E-state index in [1.165, 1.54) is 23.7 Å². The zero-order valence-corrected chi connectivity index (χ0v) is 10.8. The quantitative estimate of drug-likeness (QED) is 0.733. The summed E-state index contributed by atoms with van der Waals surface area (Å²) in [6.07, 6.45) is 0. The number of imidazole rings is 1. The van der Waals surface area contributed by atoms with Gasteiger partial charge in [0.05, 0.1) is 22.3 Å². The smallest absolute Gasteiger partial charge is 0.145 e. The Balaban J connectivity index is 2.34. The van der Waals surface area contributed by atoms with Crippen molar-refractivity contribution in [1.82, 2.24) is 13.9 Å². The van der Waals surface area contributed by atoms with Gasteiger partial charge < -0.3 is 10.3 Å². The summed E-state index contributed by atoms with van der Waals surface area (Å²) < 4.78 is 19.3. The molecule has 0 unspecified atom stereocenters. The normalized spacial score (nSPS) is 11.3. The van der Waals surface area contributed by atoms with Crippen molar-refractivity contribution in [2.24, 2.45) is 7.05 Å². The summed E-state index contributed by atoms with van der Waals surface area (Å²) in [4.78, 5) is 4.50. The highest BCUT2D eigenvalue weighted by molar-refractivity contribution is 7.10. The highest BCUT2D eigenvalue weighted by Gasteiger charge is 2.17. The number of aromatic nitrogens is 3. The summed E-state index contributed by atoms with van der Waals surface area (Å²) in [5.74, 6) is 0.449. The number of nitrogen functional groups attached to an aromatic ring is 1. The minimum atomic E-state index is -0.273. The molecule has 2 aromatic heterocycles. The molecule has 0 fully saturated rings. The SMILES string of the molecule is Cc1nsc(N)c1-c1nc2ccc(F)cc2n1C. The maximum atomic E-state index is 13.3. The number of anilines is 1. The fourth-order valence-electron chi connectivity index (χ4n) is 2.05. The third-order valence-corrected chi connectivity index (χ3v) is 3.72. The second-order valence-electron chi connectivity index (χ2n) is 4.13. The van der Waals surface area contributed by atoms with Gasteiger partial charge in [0.2, 0.25) is 0 Å². The molecule has 0 aliphatic heterocycles. The van der Waals surface area contributed by atoms with Crippen LogP contribution in [-0.4, -0.2) is 13.9 Å². The average Bonchev–Trinajstić information content (AvgIpc) is 2.82. The van der Waals surface area contributed by atoms with Crippen molar-refractivity contribution < 1.29 is 4.39 Å². The lowest BCUT2D eigenvalue weighted by Gasteiger charge is -2.02. The van der Waals surface area contributed by atoms with E-state index < -0.39 is 0 Å². The van der Waals surface area contributed by atoms with Crippen molar-refractivity contribution >= 4 is 27.6 Å². The lowest BCUT2D eigenvalue weighted by molar-refractivity contribution is 0.629. The number of rotatable bonds is 1. The molecule has 0 amide bonds. The summed E-state index contributed by atoms with van der Waals surface area (Å²) >= 11 is 1.25. The second kappa shape index (κ2) is 3.78. The molecule has 0 bridgehead atoms. The molecule has 92 valence electrons. The third-order valence-electron chi connectivity index (χ3n) is 2.96. The van der Waals surface area contributed by atoms with Gasteiger partial charge in [0, 0.05) is 7.05 Å². The number of halogens is 1. The van der Waals surface area contributed by atoms with Crippen LogP contribution in [0.25, 0.3) is 22.4 Å². The van der Waals surface area contributed by atoms with Gasteiger partial charge >= 0.3 is 0 Å². The third kappa shape index (κ3) is 1.49. The monoisotopic (exact) mass is 262 g/mol. The number of aryl methyl sites for hydroxylation is 2. The average molecular weight is 262 g/mol. The van der Waals surface area contributed by atoms with E-state index in [-0.39, 0.29) is 5.82 Å². The molecule has 1 aromatic carbocycles. The Labute approximate surface area is 107 Å². The van der Waals surface area contributed by atoms with Gasteiger partial charge in [-0.1, -0.05) is 0 Å². The molecule has 6 heteroatoms. The molecular weight excluding hydrogens is 251 g/mol. The fourth-order valence-corrected chi connectivity index (χ4v) is 2.70. The van der Waals surface area contributed by atoms with E-state index in [1.807, 2.05) is 18.5 Å². The van der Waals surface area contributed by atoms with Crippen LogP contribution in [0.4, 0.5) is 9.39 Å². The predicted octanol–water partition coefficient (Wildman–Crippen LogP) is 2.73. The van der Waals surface area contributed by atoms with Crippen molar-refractivity contribution in [2.45, 2.75) is 6.92 Å². The molecule has 0 saturated heterocycles. The largest absolute Gasteiger partial charge is 0.389 e. The van der Waals surface area contributed by atoms with Gasteiger partial charge in [-0.2, -0.15) is 4.37 Å². The van der Waals surface area contributed by atoms with Crippen LogP contribution in [0.15, 0.2) is 18.2 Å². The maximum Gasteiger partial charge on any atom is 0.145 e. The first-order valence-corrected chi connectivity index (χ1v) is 6.19. The lowest BCUT2D eigenvalue weighted by atomic mass is 10.2. The van der Waals surface area contributed by atoms with Crippen LogP contribution in [0.2, 0.25) is 0 Å². The van der Waals surface area contributed by atoms with Gasteiger partial charge in [-0.3, -0.25) is 0 Å². The van der Waals surface area contributed by atoms with E-state index in [2.05, 4.69) is 9.36 Å². The minimum Gasteiger partial charge on any atom is -0.389 e. The number of hydrogen-bond donors (Lipinski definition) is 1. The maximum absolute atomic E-state index is 13.3. The second-order valence-corrected chi connectivity index (χ2v) is 4.94. The number of fused-ring (bicyclic) bond motifs is 1. The summed E-state index contributed by atoms with van der Waals surface area (Å²) in [6.45, 7) is 1.89. The standard InChI is InChI=1S/C12H11FN4S/c1-6-10(11(14)18-16-6)12-15-8-4-3-7(13)5-9(8)17(12)2/h3-5H,14H2,1-2H3. The Morgan fingerprint density at radius 1 is 1.39 bits per heavy atom. The predicted molar refractivity (Wildman–Crippen MR) is 70.9 cm³/mol. The summed E-state index contributed by atoms with van der Waals surface area (Å²) in [5, 5.41) is 0.631. The van der Waals surface area contributed by atoms with Crippen LogP contribution >= 0.6 is 11.5 Å². The molecule has 0 saturated carbocycles. The van der Waals surface area contributed by atoms with Crippen LogP contribution in [0.3, 0.4) is 0 Å². The number of benzene rings is 1. The van der Waals surface area contributed by atoms with E-state index in [9.17, 15) is 4.39 Å². The fraction of sp³-hybridized carbons (Fsp3) is 0.167. The van der Waals surface area contributed by atoms with Gasteiger partial charge in [0.25, 0.3) is 0 Å². The van der Waals surface area contributed by atoms with Gasteiger partial charge in [-0.05, 0) is 36.7 Å². The molecule has 0 atom stereocenters. The molecule has 2 heterocycles. The molecule has 18 heavy (non-hydrogen) atoms. The van der Waals surface area contributed by atoms with Crippen LogP contribution in [0.5, 0.6) is 0 Å². The first-order chi connectivity index (χ1) is 8.58. The number of hydrogen-bond acceptors (Lipinski definition) is 4. The van der Waals surface area contributed by atoms with Crippen LogP contribution in [0, 0.1) is 12.7 Å². The van der Waals surface area contributed by atoms with E-state index in [4.69, 9.17) is 5.73 Å². The molecule has 0 radical (unpaired) electrons. The Bertz CT molecular complexity index is 724. The van der Waals surface area contributed by atoms with Crippen molar-refractivity contribution in [1.29, 1.82) is 0 Å². The van der Waals surface area contributed by atoms with Gasteiger partial charge in [-0.15, -0.1) is 0 Å². The molecule has 3 rings (SSSR count). The molecule has 0 aliphatic rings. The lowest BCUT2D eigenvalue weighted by Crippen LogP contribution is -1.95. The van der Waals surface area contributed by atoms with E-state index in [0.717, 1.165) is 28.1 Å². The van der Waals surface area contributed by atoms with Gasteiger partial charge in [0.1, 0.15) is 16.6 Å². The van der Waals surface area contributed by atoms with E-state index in [0.29, 0.717) is 5.00 Å². The van der Waals surface area contributed by atoms with E-state index in [1.54, 1.807) is 6.07 Å². The zero-order valence-electron chi connectivity index (χ0n) is 9.94. The Morgan fingerprint density at radius 2 is 2.17 bits per heavy atom. The van der Waals surface area contributed by atoms with Crippen molar-refractivity contribution in [2.75, 3.05) is 5.73 Å². The summed E-state index contributed by atoms with van der Waals surface area (Å²) in [5.41, 5.74) is 9.09. The van der Waals surface area contributed by atoms with E-state index >= 15 is 0 Å². The van der Waals surface area contributed by atoms with Crippen LogP contribution in [-0.2, 0) is 7.05 Å². The number of nitrogens with two attached hydrogens (primary N) is 1. The Hall–Kier alpha value is -1.95. The topological polar surface area (TPSA) is 56.7 Å². The van der Waals surface area contributed by atoms with Gasteiger partial charge in [0.15, 0.2) is 0 Å². The highest BCUT2D eigenvalue weighted by atomic mass is 32.1. The minimum absolute atomic E-state index is 0.273. The zero-order chi connectivity index (χ0) is 12.9. The Morgan fingerprint density at radius 3 is 2.83 bits per heavy atom. The number of nitrogens with zero attached hydrogens (tertiary/aromatic N) is 3. The summed E-state index contributed by atoms with van der Waals surface area (Å²) in [7, 11) is 1.85. The molecule has 2 N–H and O–H groups in total. The molecule has 4 nitrogen and oxygen atoms in total. The molecule has 0 aliphatic carbocycles. The Kier molecular flexibility index (Phi) is 2.34. The molecule has 3 aromatic rings. The van der Waals surface area contributed by atoms with Crippen LogP contribution in [0.1, 0.15) is 5.69 Å².